The summed E-state index contributed by atoms with van der Waals surface area (Å²) in [6, 6.07) is 9.43. The first-order valence-electron chi connectivity index (χ1n) is 18.4. The Morgan fingerprint density at radius 1 is 1.02 bits per heavy atom. The van der Waals surface area contributed by atoms with Gasteiger partial charge in [0.15, 0.2) is 10.8 Å². The Bertz CT molecular complexity index is 1680. The number of amides is 1. The van der Waals surface area contributed by atoms with Crippen molar-refractivity contribution < 1.29 is 17.9 Å². The Labute approximate surface area is 301 Å². The first kappa shape index (κ1) is 36.6. The maximum absolute atomic E-state index is 13.1. The molecule has 3 aromatic rings. The van der Waals surface area contributed by atoms with Gasteiger partial charge in [-0.05, 0) is 87.6 Å². The second-order valence-electron chi connectivity index (χ2n) is 15.0. The molecule has 11 nitrogen and oxygen atoms in total. The van der Waals surface area contributed by atoms with Crippen LogP contribution in [0.2, 0.25) is 5.15 Å². The largest absolute Gasteiger partial charge is 0.477 e. The minimum absolute atomic E-state index is 0.0820. The van der Waals surface area contributed by atoms with E-state index in [0.29, 0.717) is 42.5 Å². The predicted octanol–water partition coefficient (Wildman–Crippen LogP) is 7.17. The van der Waals surface area contributed by atoms with E-state index in [4.69, 9.17) is 16.3 Å². The molecule has 1 aliphatic heterocycles. The molecule has 2 aliphatic carbocycles. The van der Waals surface area contributed by atoms with E-state index in [9.17, 15) is 13.2 Å². The summed E-state index contributed by atoms with van der Waals surface area (Å²) in [6.07, 6.45) is 18.3. The van der Waals surface area contributed by atoms with E-state index < -0.39 is 15.9 Å². The summed E-state index contributed by atoms with van der Waals surface area (Å²) in [5, 5.41) is 10.8. The molecule has 0 radical (unpaired) electrons. The van der Waals surface area contributed by atoms with Crippen LogP contribution in [0.1, 0.15) is 108 Å². The summed E-state index contributed by atoms with van der Waals surface area (Å²) in [5.74, 6) is 3.28. The third-order valence-electron chi connectivity index (χ3n) is 10.8. The van der Waals surface area contributed by atoms with E-state index >= 15 is 0 Å². The summed E-state index contributed by atoms with van der Waals surface area (Å²) < 4.78 is 36.0. The van der Waals surface area contributed by atoms with Crippen LogP contribution in [0.15, 0.2) is 47.6 Å². The lowest BCUT2D eigenvalue weighted by Gasteiger charge is -2.38. The molecule has 50 heavy (non-hydrogen) atoms. The minimum atomic E-state index is -4.27. The van der Waals surface area contributed by atoms with E-state index in [1.165, 1.54) is 81.0 Å². The molecule has 3 fully saturated rings. The molecule has 1 atom stereocenters. The van der Waals surface area contributed by atoms with Crippen molar-refractivity contribution in [2.75, 3.05) is 25.0 Å². The monoisotopic (exact) mass is 725 g/mol. The topological polar surface area (TPSA) is 140 Å². The fraction of sp³-hybridized carbons (Fsp3) is 0.622. The number of ether oxygens (including phenoxy) is 1. The summed E-state index contributed by atoms with van der Waals surface area (Å²) in [7, 11) is -4.27. The number of aromatic nitrogens is 4. The number of pyridine rings is 2. The molecule has 2 saturated carbocycles. The third kappa shape index (κ3) is 9.55. The van der Waals surface area contributed by atoms with E-state index in [1.54, 1.807) is 30.5 Å². The summed E-state index contributed by atoms with van der Waals surface area (Å²) >= 11 is 6.41. The molecule has 6 rings (SSSR count). The Morgan fingerprint density at radius 3 is 2.40 bits per heavy atom. The Morgan fingerprint density at radius 2 is 1.74 bits per heavy atom. The van der Waals surface area contributed by atoms with Crippen molar-refractivity contribution in [3.63, 3.8) is 0 Å². The lowest BCUT2D eigenvalue weighted by molar-refractivity contribution is 0.0981. The van der Waals surface area contributed by atoms with Gasteiger partial charge in [0.05, 0.1) is 12.2 Å². The molecule has 1 saturated heterocycles. The summed E-state index contributed by atoms with van der Waals surface area (Å²) in [5.41, 5.74) is 0.0539. The number of hydrogen-bond acceptors (Lipinski definition) is 9. The van der Waals surface area contributed by atoms with Crippen molar-refractivity contribution in [2.24, 2.45) is 23.7 Å². The maximum Gasteiger partial charge on any atom is 0.281 e. The zero-order valence-electron chi connectivity index (χ0n) is 29.4. The van der Waals surface area contributed by atoms with E-state index in [-0.39, 0.29) is 21.3 Å². The number of nitrogens with one attached hydrogen (secondary N) is 3. The number of carbonyl (C=O) groups excluding carboxylic acids is 1. The average molecular weight is 726 g/mol. The fourth-order valence-electron chi connectivity index (χ4n) is 8.30. The smallest absolute Gasteiger partial charge is 0.281 e. The molecular weight excluding hydrogens is 674 g/mol. The predicted molar refractivity (Wildman–Crippen MR) is 195 cm³/mol. The zero-order chi connectivity index (χ0) is 35.1. The number of nitrogens with zero attached hydrogens (tertiary/aromatic N) is 4. The molecule has 3 aromatic heterocycles. The molecule has 0 aromatic carbocycles. The van der Waals surface area contributed by atoms with Crippen LogP contribution in [-0.4, -0.2) is 59.3 Å². The van der Waals surface area contributed by atoms with Gasteiger partial charge in [-0.3, -0.25) is 4.79 Å². The van der Waals surface area contributed by atoms with Crippen LogP contribution in [0, 0.1) is 23.7 Å². The van der Waals surface area contributed by atoms with E-state index in [0.717, 1.165) is 37.6 Å². The molecule has 1 amide bonds. The van der Waals surface area contributed by atoms with Gasteiger partial charge < -0.3 is 15.4 Å². The number of halogens is 1. The fourth-order valence-corrected chi connectivity index (χ4v) is 9.47. The van der Waals surface area contributed by atoms with Crippen molar-refractivity contribution in [3.8, 4) is 11.7 Å². The Kier molecular flexibility index (Phi) is 12.0. The number of anilines is 1. The first-order valence-corrected chi connectivity index (χ1v) is 20.3. The van der Waals surface area contributed by atoms with Gasteiger partial charge in [-0.25, -0.2) is 19.4 Å². The number of carbonyl (C=O) groups is 1. The molecule has 3 N–H and O–H groups in total. The van der Waals surface area contributed by atoms with Crippen LogP contribution in [0.3, 0.4) is 0 Å². The highest BCUT2D eigenvalue weighted by atomic mass is 35.5. The normalized spacial score (nSPS) is 20.2. The number of sulfonamides is 1. The van der Waals surface area contributed by atoms with Crippen molar-refractivity contribution in [2.45, 2.75) is 108 Å². The average Bonchev–Trinajstić information content (AvgIpc) is 3.73. The molecule has 272 valence electrons. The van der Waals surface area contributed by atoms with Gasteiger partial charge in [0, 0.05) is 24.3 Å². The van der Waals surface area contributed by atoms with Crippen LogP contribution >= 0.6 is 11.6 Å². The van der Waals surface area contributed by atoms with Gasteiger partial charge in [-0.1, -0.05) is 81.9 Å². The van der Waals surface area contributed by atoms with Crippen LogP contribution < -0.4 is 20.1 Å². The third-order valence-corrected chi connectivity index (χ3v) is 12.4. The van der Waals surface area contributed by atoms with Crippen LogP contribution in [-0.2, 0) is 10.0 Å². The Balaban J connectivity index is 1.02. The minimum Gasteiger partial charge on any atom is -0.477 e. The lowest BCUT2D eigenvalue weighted by Crippen LogP contribution is -2.31. The molecule has 13 heteroatoms. The number of hydrogen-bond donors (Lipinski definition) is 3. The Hall–Kier alpha value is -3.22. The standard InChI is InChI=1S/C37H52ClN7O4S/c1-37(2)24-26(25-40-37)18-21-39-31-14-9-15-34(41-31)50(47,48)44-36(46)30-16-17-32(42-35(30)38)45-22-19-33(43-45)49-23-20-29(27-10-5-3-6-11-27)28-12-7-4-8-13-28/h9,14-17,19,22,26-29,40H,3-8,10-13,18,20-21,23-25H2,1-2H3,(H,39,41)(H,44,46). The molecule has 3 aliphatic rings. The lowest BCUT2D eigenvalue weighted by atomic mass is 9.68. The van der Waals surface area contributed by atoms with Crippen molar-refractivity contribution >= 4 is 33.3 Å². The molecule has 0 bridgehead atoms. The second-order valence-corrected chi connectivity index (χ2v) is 17.0. The quantitative estimate of drug-likeness (QED) is 0.148. The van der Waals surface area contributed by atoms with Gasteiger partial charge in [-0.15, -0.1) is 5.10 Å². The van der Waals surface area contributed by atoms with Crippen LogP contribution in [0.25, 0.3) is 5.82 Å². The second kappa shape index (κ2) is 16.4. The van der Waals surface area contributed by atoms with Gasteiger partial charge in [0.1, 0.15) is 11.0 Å². The van der Waals surface area contributed by atoms with Crippen molar-refractivity contribution in [3.05, 3.63) is 53.3 Å². The molecule has 1 unspecified atom stereocenters. The first-order chi connectivity index (χ1) is 24.1. The van der Waals surface area contributed by atoms with Crippen molar-refractivity contribution in [1.29, 1.82) is 0 Å². The highest BCUT2D eigenvalue weighted by molar-refractivity contribution is 7.90. The van der Waals surface area contributed by atoms with Crippen LogP contribution in [0.5, 0.6) is 5.88 Å². The summed E-state index contributed by atoms with van der Waals surface area (Å²) in [4.78, 5) is 21.6. The molecule has 0 spiro atoms. The van der Waals surface area contributed by atoms with E-state index in [2.05, 4.69) is 44.3 Å². The van der Waals surface area contributed by atoms with Gasteiger partial charge in [0.25, 0.3) is 15.9 Å². The zero-order valence-corrected chi connectivity index (χ0v) is 30.9. The van der Waals surface area contributed by atoms with Gasteiger partial charge >= 0.3 is 0 Å². The highest BCUT2D eigenvalue weighted by Crippen LogP contribution is 2.41. The molecular formula is C37H52ClN7O4S. The molecule has 4 heterocycles. The number of rotatable bonds is 14. The van der Waals surface area contributed by atoms with E-state index in [1.807, 2.05) is 0 Å². The van der Waals surface area contributed by atoms with Crippen LogP contribution in [0.4, 0.5) is 5.82 Å². The van der Waals surface area contributed by atoms with Gasteiger partial charge in [-0.2, -0.15) is 8.42 Å². The summed E-state index contributed by atoms with van der Waals surface area (Å²) in [6.45, 7) is 6.62. The van der Waals surface area contributed by atoms with Gasteiger partial charge in [0.2, 0.25) is 5.88 Å². The van der Waals surface area contributed by atoms with Crippen molar-refractivity contribution in [1.82, 2.24) is 29.8 Å². The SMILES string of the molecule is CC1(C)CC(CCNc2cccc(S(=O)(=O)NC(=O)c3ccc(-n4ccc(OCCC(C5CCCCC5)C5CCCCC5)n4)nc3Cl)n2)CN1. The highest BCUT2D eigenvalue weighted by Gasteiger charge is 2.32. The maximum atomic E-state index is 13.1.